The minimum atomic E-state index is -0.441. The first-order chi connectivity index (χ1) is 15.0. The normalized spacial score (nSPS) is 10.6. The zero-order valence-electron chi connectivity index (χ0n) is 16.5. The van der Waals surface area contributed by atoms with Crippen LogP contribution in [0.1, 0.15) is 21.8 Å². The van der Waals surface area contributed by atoms with Gasteiger partial charge in [-0.1, -0.05) is 18.2 Å². The molecule has 4 aromatic rings. The molecule has 0 fully saturated rings. The van der Waals surface area contributed by atoms with Crippen LogP contribution in [0.3, 0.4) is 0 Å². The number of benzene rings is 2. The zero-order chi connectivity index (χ0) is 21.8. The summed E-state index contributed by atoms with van der Waals surface area (Å²) in [4.78, 5) is 30.3. The van der Waals surface area contributed by atoms with Crippen molar-refractivity contribution in [3.05, 3.63) is 88.9 Å². The van der Waals surface area contributed by atoms with Crippen LogP contribution in [0.25, 0.3) is 10.8 Å². The number of carbonyl (C=O) groups excluding carboxylic acids is 2. The van der Waals surface area contributed by atoms with Crippen LogP contribution in [0.4, 0.5) is 15.8 Å². The van der Waals surface area contributed by atoms with Gasteiger partial charge in [-0.15, -0.1) is 11.3 Å². The van der Waals surface area contributed by atoms with E-state index in [1.54, 1.807) is 37.3 Å². The summed E-state index contributed by atoms with van der Waals surface area (Å²) in [6.07, 6.45) is 0.0421. The average molecular weight is 435 g/mol. The average Bonchev–Trinajstić information content (AvgIpc) is 3.38. The second-order valence-electron chi connectivity index (χ2n) is 6.77. The van der Waals surface area contributed by atoms with E-state index in [4.69, 9.17) is 4.42 Å². The standard InChI is InChI=1S/C23H18FN3O3S/c1-14-19(27-23(30-14)20-9-4-10-31-20)13-21(28)25-17-7-2-5-15(11-17)22(29)26-18-8-3-6-16(24)12-18/h2-12H,13H2,1H3,(H,25,28)(H,26,29). The number of aromatic nitrogens is 1. The molecule has 156 valence electrons. The van der Waals surface area contributed by atoms with Crippen molar-refractivity contribution in [1.82, 2.24) is 4.98 Å². The molecule has 0 saturated heterocycles. The first-order valence-corrected chi connectivity index (χ1v) is 10.3. The van der Waals surface area contributed by atoms with Crippen molar-refractivity contribution in [3.8, 4) is 10.8 Å². The van der Waals surface area contributed by atoms with Crippen LogP contribution < -0.4 is 10.6 Å². The number of halogens is 1. The summed E-state index contributed by atoms with van der Waals surface area (Å²) >= 11 is 1.51. The van der Waals surface area contributed by atoms with Crippen molar-refractivity contribution in [2.24, 2.45) is 0 Å². The van der Waals surface area contributed by atoms with Crippen LogP contribution in [0.2, 0.25) is 0 Å². The predicted octanol–water partition coefficient (Wildman–Crippen LogP) is 5.28. The third-order valence-corrected chi connectivity index (χ3v) is 5.30. The molecule has 0 bridgehead atoms. The smallest absolute Gasteiger partial charge is 0.255 e. The minimum Gasteiger partial charge on any atom is -0.440 e. The van der Waals surface area contributed by atoms with Crippen LogP contribution in [0, 0.1) is 12.7 Å². The Hall–Kier alpha value is -3.78. The van der Waals surface area contributed by atoms with E-state index in [1.807, 2.05) is 17.5 Å². The van der Waals surface area contributed by atoms with Gasteiger partial charge in [0.25, 0.3) is 5.91 Å². The quantitative estimate of drug-likeness (QED) is 0.431. The second-order valence-corrected chi connectivity index (χ2v) is 7.72. The zero-order valence-corrected chi connectivity index (χ0v) is 17.3. The highest BCUT2D eigenvalue weighted by molar-refractivity contribution is 7.13. The van der Waals surface area contributed by atoms with Gasteiger partial charge < -0.3 is 15.1 Å². The lowest BCUT2D eigenvalue weighted by Crippen LogP contribution is -2.16. The molecule has 0 radical (unpaired) electrons. The van der Waals surface area contributed by atoms with Crippen molar-refractivity contribution >= 4 is 34.5 Å². The summed E-state index contributed by atoms with van der Waals surface area (Å²) in [5, 5.41) is 7.33. The maximum Gasteiger partial charge on any atom is 0.255 e. The summed E-state index contributed by atoms with van der Waals surface area (Å²) in [6.45, 7) is 1.77. The Morgan fingerprint density at radius 2 is 1.81 bits per heavy atom. The molecule has 0 aliphatic rings. The Bertz CT molecular complexity index is 1230. The Morgan fingerprint density at radius 1 is 1.03 bits per heavy atom. The number of nitrogens with zero attached hydrogens (tertiary/aromatic N) is 1. The van der Waals surface area contributed by atoms with E-state index < -0.39 is 11.7 Å². The summed E-state index contributed by atoms with van der Waals surface area (Å²) in [5.74, 6) is -0.0521. The Labute approximate surface area is 181 Å². The van der Waals surface area contributed by atoms with E-state index in [0.29, 0.717) is 34.3 Å². The molecule has 0 aliphatic heterocycles. The fourth-order valence-electron chi connectivity index (χ4n) is 2.96. The van der Waals surface area contributed by atoms with Crippen LogP contribution in [-0.2, 0) is 11.2 Å². The first-order valence-electron chi connectivity index (χ1n) is 9.45. The van der Waals surface area contributed by atoms with Gasteiger partial charge in [0.05, 0.1) is 17.0 Å². The summed E-state index contributed by atoms with van der Waals surface area (Å²) < 4.78 is 19.0. The van der Waals surface area contributed by atoms with Gasteiger partial charge in [-0.25, -0.2) is 9.37 Å². The van der Waals surface area contributed by atoms with E-state index in [9.17, 15) is 14.0 Å². The van der Waals surface area contributed by atoms with E-state index >= 15 is 0 Å². The highest BCUT2D eigenvalue weighted by Crippen LogP contribution is 2.26. The molecule has 0 aliphatic carbocycles. The number of amides is 2. The largest absolute Gasteiger partial charge is 0.440 e. The number of oxazole rings is 1. The van der Waals surface area contributed by atoms with Crippen molar-refractivity contribution in [2.75, 3.05) is 10.6 Å². The molecular weight excluding hydrogens is 417 g/mol. The fourth-order valence-corrected chi connectivity index (χ4v) is 3.61. The topological polar surface area (TPSA) is 84.2 Å². The van der Waals surface area contributed by atoms with E-state index in [-0.39, 0.29) is 12.3 Å². The number of anilines is 2. The molecule has 2 aromatic carbocycles. The Kier molecular flexibility index (Phi) is 5.90. The van der Waals surface area contributed by atoms with Crippen molar-refractivity contribution in [2.45, 2.75) is 13.3 Å². The number of rotatable bonds is 6. The number of hydrogen-bond acceptors (Lipinski definition) is 5. The van der Waals surface area contributed by atoms with E-state index in [2.05, 4.69) is 15.6 Å². The number of hydrogen-bond donors (Lipinski definition) is 2. The lowest BCUT2D eigenvalue weighted by Gasteiger charge is -2.08. The maximum absolute atomic E-state index is 13.3. The van der Waals surface area contributed by atoms with Gasteiger partial charge in [0.2, 0.25) is 11.8 Å². The van der Waals surface area contributed by atoms with Gasteiger partial charge in [-0.05, 0) is 54.8 Å². The van der Waals surface area contributed by atoms with Gasteiger partial charge in [0.15, 0.2) is 0 Å². The molecule has 2 aromatic heterocycles. The molecule has 0 unspecified atom stereocenters. The van der Waals surface area contributed by atoms with Crippen LogP contribution >= 0.6 is 11.3 Å². The van der Waals surface area contributed by atoms with Crippen LogP contribution in [0.5, 0.6) is 0 Å². The lowest BCUT2D eigenvalue weighted by molar-refractivity contribution is -0.115. The van der Waals surface area contributed by atoms with Gasteiger partial charge in [0.1, 0.15) is 11.6 Å². The predicted molar refractivity (Wildman–Crippen MR) is 118 cm³/mol. The molecule has 0 spiro atoms. The number of thiophene rings is 1. The van der Waals surface area contributed by atoms with Gasteiger partial charge >= 0.3 is 0 Å². The van der Waals surface area contributed by atoms with Gasteiger partial charge in [-0.3, -0.25) is 9.59 Å². The summed E-state index contributed by atoms with van der Waals surface area (Å²) in [5.41, 5.74) is 1.71. The Morgan fingerprint density at radius 3 is 2.55 bits per heavy atom. The molecule has 0 saturated carbocycles. The fraction of sp³-hybridized carbons (Fsp3) is 0.0870. The van der Waals surface area contributed by atoms with Crippen LogP contribution in [-0.4, -0.2) is 16.8 Å². The van der Waals surface area contributed by atoms with Crippen LogP contribution in [0.15, 0.2) is 70.5 Å². The first kappa shape index (κ1) is 20.5. The molecule has 4 rings (SSSR count). The third-order valence-electron chi connectivity index (χ3n) is 4.44. The summed E-state index contributed by atoms with van der Waals surface area (Å²) in [6, 6.07) is 16.0. The SMILES string of the molecule is Cc1oc(-c2cccs2)nc1CC(=O)Nc1cccc(C(=O)Nc2cccc(F)c2)c1. The third kappa shape index (κ3) is 5.04. The molecule has 0 atom stereocenters. The van der Waals surface area contributed by atoms with Crippen molar-refractivity contribution < 1.29 is 18.4 Å². The Balaban J connectivity index is 1.42. The van der Waals surface area contributed by atoms with Crippen molar-refractivity contribution in [1.29, 1.82) is 0 Å². The van der Waals surface area contributed by atoms with E-state index in [1.165, 1.54) is 29.5 Å². The number of carbonyl (C=O) groups is 2. The maximum atomic E-state index is 13.3. The number of aryl methyl sites for hydroxylation is 1. The molecule has 6 nitrogen and oxygen atoms in total. The molecule has 31 heavy (non-hydrogen) atoms. The van der Waals surface area contributed by atoms with Gasteiger partial charge in [0, 0.05) is 16.9 Å². The lowest BCUT2D eigenvalue weighted by atomic mass is 10.1. The highest BCUT2D eigenvalue weighted by Gasteiger charge is 2.16. The van der Waals surface area contributed by atoms with Gasteiger partial charge in [-0.2, -0.15) is 0 Å². The minimum absolute atomic E-state index is 0.0421. The monoisotopic (exact) mass is 435 g/mol. The summed E-state index contributed by atoms with van der Waals surface area (Å²) in [7, 11) is 0. The molecule has 2 heterocycles. The van der Waals surface area contributed by atoms with Crippen molar-refractivity contribution in [3.63, 3.8) is 0 Å². The second kappa shape index (κ2) is 8.93. The molecule has 2 N–H and O–H groups in total. The molecular formula is C23H18FN3O3S. The molecule has 8 heteroatoms. The van der Waals surface area contributed by atoms with E-state index in [0.717, 1.165) is 4.88 Å². The highest BCUT2D eigenvalue weighted by atomic mass is 32.1. The molecule has 2 amide bonds. The number of nitrogens with one attached hydrogen (secondary N) is 2.